The summed E-state index contributed by atoms with van der Waals surface area (Å²) in [5.41, 5.74) is 3.19. The van der Waals surface area contributed by atoms with E-state index in [9.17, 15) is 4.79 Å². The van der Waals surface area contributed by atoms with Gasteiger partial charge in [0.2, 0.25) is 5.89 Å². The summed E-state index contributed by atoms with van der Waals surface area (Å²) >= 11 is 17.3. The second-order valence-electron chi connectivity index (χ2n) is 6.47. The van der Waals surface area contributed by atoms with E-state index in [0.717, 1.165) is 5.56 Å². The zero-order valence-corrected chi connectivity index (χ0v) is 18.4. The average Bonchev–Trinajstić information content (AvgIpc) is 3.17. The molecule has 0 radical (unpaired) electrons. The number of carbonyl (C=O) groups is 1. The first kappa shape index (κ1) is 21.1. The van der Waals surface area contributed by atoms with Gasteiger partial charge >= 0.3 is 0 Å². The van der Waals surface area contributed by atoms with Gasteiger partial charge in [-0.15, -0.1) is 0 Å². The highest BCUT2D eigenvalue weighted by Gasteiger charge is 2.12. The number of oxazole rings is 1. The molecule has 9 heteroatoms. The molecular formula is C22H15Cl2N3O3S. The molecule has 0 bridgehead atoms. The standard InChI is InChI=1S/C22H15Cl2N3O3S/c1-29-18-8-4-13(10-16(18)24)20(28)27-22(31)25-15-6-2-12(3-7-15)21-26-17-11-14(23)5-9-19(17)30-21/h2-11H,1H3,(H2,25,27,28,31). The molecule has 4 rings (SSSR count). The number of hydrogen-bond donors (Lipinski definition) is 2. The lowest BCUT2D eigenvalue weighted by atomic mass is 10.2. The van der Waals surface area contributed by atoms with E-state index in [1.165, 1.54) is 13.2 Å². The zero-order chi connectivity index (χ0) is 22.0. The first-order valence-electron chi connectivity index (χ1n) is 9.05. The number of carbonyl (C=O) groups excluding carboxylic acids is 1. The number of amides is 1. The Morgan fingerprint density at radius 3 is 2.55 bits per heavy atom. The van der Waals surface area contributed by atoms with Gasteiger partial charge in [-0.2, -0.15) is 0 Å². The minimum atomic E-state index is -0.385. The smallest absolute Gasteiger partial charge is 0.257 e. The van der Waals surface area contributed by atoms with E-state index in [1.54, 1.807) is 42.5 Å². The third kappa shape index (κ3) is 4.80. The van der Waals surface area contributed by atoms with Gasteiger partial charge in [0.1, 0.15) is 11.3 Å². The third-order valence-electron chi connectivity index (χ3n) is 4.38. The number of aromatic nitrogens is 1. The molecule has 0 spiro atoms. The van der Waals surface area contributed by atoms with E-state index in [1.807, 2.05) is 12.1 Å². The van der Waals surface area contributed by atoms with Crippen molar-refractivity contribution in [2.75, 3.05) is 12.4 Å². The topological polar surface area (TPSA) is 76.4 Å². The van der Waals surface area contributed by atoms with Crippen molar-refractivity contribution in [1.82, 2.24) is 10.3 Å². The fourth-order valence-electron chi connectivity index (χ4n) is 2.87. The van der Waals surface area contributed by atoms with Gasteiger partial charge < -0.3 is 14.5 Å². The Morgan fingerprint density at radius 2 is 1.84 bits per heavy atom. The minimum Gasteiger partial charge on any atom is -0.495 e. The molecule has 3 aromatic carbocycles. The fourth-order valence-corrected chi connectivity index (χ4v) is 3.50. The van der Waals surface area contributed by atoms with Gasteiger partial charge in [0, 0.05) is 21.8 Å². The van der Waals surface area contributed by atoms with Gasteiger partial charge in [0.15, 0.2) is 10.7 Å². The number of halogens is 2. The maximum absolute atomic E-state index is 12.4. The molecule has 0 unspecified atom stereocenters. The normalized spacial score (nSPS) is 10.7. The van der Waals surface area contributed by atoms with Crippen LogP contribution in [0.25, 0.3) is 22.6 Å². The summed E-state index contributed by atoms with van der Waals surface area (Å²) in [6.45, 7) is 0. The van der Waals surface area contributed by atoms with Crippen molar-refractivity contribution in [3.63, 3.8) is 0 Å². The molecule has 31 heavy (non-hydrogen) atoms. The van der Waals surface area contributed by atoms with Crippen molar-refractivity contribution in [2.24, 2.45) is 0 Å². The Morgan fingerprint density at radius 1 is 1.06 bits per heavy atom. The van der Waals surface area contributed by atoms with Crippen LogP contribution in [0.1, 0.15) is 10.4 Å². The van der Waals surface area contributed by atoms with Crippen LogP contribution in [0.2, 0.25) is 10.0 Å². The number of thiocarbonyl (C=S) groups is 1. The van der Waals surface area contributed by atoms with Crippen LogP contribution in [-0.2, 0) is 0 Å². The summed E-state index contributed by atoms with van der Waals surface area (Å²) in [5.74, 6) is 0.584. The molecule has 6 nitrogen and oxygen atoms in total. The Bertz CT molecular complexity index is 1290. The number of nitrogens with one attached hydrogen (secondary N) is 2. The monoisotopic (exact) mass is 471 g/mol. The Kier molecular flexibility index (Phi) is 6.08. The first-order chi connectivity index (χ1) is 14.9. The molecule has 0 aliphatic rings. The summed E-state index contributed by atoms with van der Waals surface area (Å²) in [4.78, 5) is 16.8. The van der Waals surface area contributed by atoms with Gasteiger partial charge in [-0.1, -0.05) is 23.2 Å². The Balaban J connectivity index is 1.41. The second-order valence-corrected chi connectivity index (χ2v) is 7.72. The summed E-state index contributed by atoms with van der Waals surface area (Å²) < 4.78 is 10.8. The molecule has 1 aromatic heterocycles. The Labute approximate surface area is 193 Å². The predicted octanol–water partition coefficient (Wildman–Crippen LogP) is 5.94. The van der Waals surface area contributed by atoms with Gasteiger partial charge in [0.25, 0.3) is 5.91 Å². The zero-order valence-electron chi connectivity index (χ0n) is 16.1. The Hall–Kier alpha value is -3.13. The largest absolute Gasteiger partial charge is 0.495 e. The van der Waals surface area contributed by atoms with Crippen molar-refractivity contribution in [3.8, 4) is 17.2 Å². The molecule has 0 saturated carbocycles. The summed E-state index contributed by atoms with van der Waals surface area (Å²) in [5, 5.41) is 6.67. The maximum atomic E-state index is 12.4. The summed E-state index contributed by atoms with van der Waals surface area (Å²) in [6.07, 6.45) is 0. The highest BCUT2D eigenvalue weighted by atomic mass is 35.5. The third-order valence-corrected chi connectivity index (χ3v) is 5.11. The number of benzene rings is 3. The van der Waals surface area contributed by atoms with Gasteiger partial charge in [-0.05, 0) is 72.9 Å². The van der Waals surface area contributed by atoms with Crippen molar-refractivity contribution < 1.29 is 13.9 Å². The van der Waals surface area contributed by atoms with Crippen LogP contribution in [0.5, 0.6) is 5.75 Å². The van der Waals surface area contributed by atoms with Crippen LogP contribution in [-0.4, -0.2) is 23.1 Å². The molecule has 4 aromatic rings. The number of hydrogen-bond acceptors (Lipinski definition) is 5. The van der Waals surface area contributed by atoms with Gasteiger partial charge in [-0.3, -0.25) is 10.1 Å². The minimum absolute atomic E-state index is 0.154. The SMILES string of the molecule is COc1ccc(C(=O)NC(=S)Nc2ccc(-c3nc4cc(Cl)ccc4o3)cc2)cc1Cl. The number of anilines is 1. The van der Waals surface area contributed by atoms with E-state index in [4.69, 9.17) is 44.6 Å². The van der Waals surface area contributed by atoms with E-state index in [2.05, 4.69) is 15.6 Å². The average molecular weight is 472 g/mol. The van der Waals surface area contributed by atoms with Crippen LogP contribution in [0.3, 0.4) is 0 Å². The lowest BCUT2D eigenvalue weighted by Gasteiger charge is -2.10. The lowest BCUT2D eigenvalue weighted by Crippen LogP contribution is -2.34. The molecule has 0 fully saturated rings. The van der Waals surface area contributed by atoms with E-state index < -0.39 is 0 Å². The summed E-state index contributed by atoms with van der Waals surface area (Å²) in [6, 6.07) is 17.3. The molecule has 1 amide bonds. The number of fused-ring (bicyclic) bond motifs is 1. The molecule has 0 aliphatic heterocycles. The fraction of sp³-hybridized carbons (Fsp3) is 0.0455. The molecular weight excluding hydrogens is 457 g/mol. The van der Waals surface area contributed by atoms with Crippen LogP contribution in [0.4, 0.5) is 5.69 Å². The van der Waals surface area contributed by atoms with Crippen molar-refractivity contribution in [1.29, 1.82) is 0 Å². The van der Waals surface area contributed by atoms with Gasteiger partial charge in [0.05, 0.1) is 12.1 Å². The number of methoxy groups -OCH3 is 1. The summed E-state index contributed by atoms with van der Waals surface area (Å²) in [7, 11) is 1.51. The number of rotatable bonds is 4. The molecule has 0 aliphatic carbocycles. The molecule has 0 saturated heterocycles. The van der Waals surface area contributed by atoms with Gasteiger partial charge in [-0.25, -0.2) is 4.98 Å². The molecule has 1 heterocycles. The van der Waals surface area contributed by atoms with Crippen LogP contribution in [0.15, 0.2) is 65.1 Å². The number of ether oxygens (including phenoxy) is 1. The molecule has 2 N–H and O–H groups in total. The first-order valence-corrected chi connectivity index (χ1v) is 10.2. The highest BCUT2D eigenvalue weighted by molar-refractivity contribution is 7.80. The number of nitrogens with zero attached hydrogens (tertiary/aromatic N) is 1. The molecule has 0 atom stereocenters. The molecule has 156 valence electrons. The quantitative estimate of drug-likeness (QED) is 0.358. The highest BCUT2D eigenvalue weighted by Crippen LogP contribution is 2.27. The second kappa shape index (κ2) is 8.93. The van der Waals surface area contributed by atoms with Crippen LogP contribution >= 0.6 is 35.4 Å². The van der Waals surface area contributed by atoms with Crippen molar-refractivity contribution in [2.45, 2.75) is 0 Å². The van der Waals surface area contributed by atoms with E-state index in [0.29, 0.717) is 44.0 Å². The maximum Gasteiger partial charge on any atom is 0.257 e. The van der Waals surface area contributed by atoms with E-state index in [-0.39, 0.29) is 11.0 Å². The van der Waals surface area contributed by atoms with Crippen LogP contribution in [0, 0.1) is 0 Å². The lowest BCUT2D eigenvalue weighted by molar-refractivity contribution is 0.0977. The van der Waals surface area contributed by atoms with Crippen LogP contribution < -0.4 is 15.4 Å². The van der Waals surface area contributed by atoms with E-state index >= 15 is 0 Å². The van der Waals surface area contributed by atoms with Crippen molar-refractivity contribution >= 4 is 63.2 Å². The van der Waals surface area contributed by atoms with Crippen molar-refractivity contribution in [3.05, 3.63) is 76.3 Å². The predicted molar refractivity (Wildman–Crippen MR) is 126 cm³/mol.